The number of benzene rings is 1. The van der Waals surface area contributed by atoms with E-state index in [1.807, 2.05) is 6.07 Å². The van der Waals surface area contributed by atoms with Gasteiger partial charge in [-0.25, -0.2) is 0 Å². The van der Waals surface area contributed by atoms with Crippen LogP contribution in [-0.2, 0) is 4.74 Å². The first kappa shape index (κ1) is 12.6. The molecule has 1 aromatic carbocycles. The Kier molecular flexibility index (Phi) is 3.92. The van der Waals surface area contributed by atoms with Crippen molar-refractivity contribution in [3.05, 3.63) is 35.4 Å². The molecule has 1 unspecified atom stereocenters. The van der Waals surface area contributed by atoms with Gasteiger partial charge in [0, 0.05) is 25.2 Å². The van der Waals surface area contributed by atoms with Crippen LogP contribution in [0, 0.1) is 11.3 Å². The maximum absolute atomic E-state index is 12.2. The summed E-state index contributed by atoms with van der Waals surface area (Å²) >= 11 is 0. The second-order valence-corrected chi connectivity index (χ2v) is 4.17. The van der Waals surface area contributed by atoms with Gasteiger partial charge in [-0.3, -0.25) is 4.79 Å². The van der Waals surface area contributed by atoms with E-state index in [1.54, 1.807) is 29.2 Å². The van der Waals surface area contributed by atoms with Crippen molar-refractivity contribution >= 4 is 5.91 Å². The van der Waals surface area contributed by atoms with E-state index in [2.05, 4.69) is 0 Å². The van der Waals surface area contributed by atoms with Gasteiger partial charge in [0.1, 0.15) is 0 Å². The van der Waals surface area contributed by atoms with Gasteiger partial charge in [0.25, 0.3) is 5.91 Å². The highest BCUT2D eigenvalue weighted by Crippen LogP contribution is 2.11. The zero-order valence-electron chi connectivity index (χ0n) is 10.0. The van der Waals surface area contributed by atoms with Crippen LogP contribution in [0.15, 0.2) is 24.3 Å². The molecule has 1 amide bonds. The smallest absolute Gasteiger partial charge is 0.254 e. The molecule has 94 valence electrons. The van der Waals surface area contributed by atoms with Gasteiger partial charge in [0.15, 0.2) is 0 Å². The van der Waals surface area contributed by atoms with E-state index in [4.69, 9.17) is 15.7 Å². The van der Waals surface area contributed by atoms with Crippen LogP contribution in [0.1, 0.15) is 15.9 Å². The molecule has 2 rings (SSSR count). The molecule has 18 heavy (non-hydrogen) atoms. The van der Waals surface area contributed by atoms with Crippen molar-refractivity contribution in [2.45, 2.75) is 6.10 Å². The molecular formula is C13H15N3O2. The summed E-state index contributed by atoms with van der Waals surface area (Å²) in [7, 11) is 0. The first-order valence-corrected chi connectivity index (χ1v) is 5.85. The Hall–Kier alpha value is -1.90. The molecule has 0 aliphatic carbocycles. The number of carbonyl (C=O) groups is 1. The van der Waals surface area contributed by atoms with Crippen LogP contribution < -0.4 is 5.73 Å². The van der Waals surface area contributed by atoms with Crippen molar-refractivity contribution in [2.24, 2.45) is 5.73 Å². The number of hydrogen-bond acceptors (Lipinski definition) is 4. The number of morpholine rings is 1. The fourth-order valence-electron chi connectivity index (χ4n) is 1.95. The predicted octanol–water partition coefficient (Wildman–Crippen LogP) is 0.358. The summed E-state index contributed by atoms with van der Waals surface area (Å²) in [6.45, 7) is 1.98. The normalized spacial score (nSPS) is 19.3. The molecular weight excluding hydrogens is 230 g/mol. The summed E-state index contributed by atoms with van der Waals surface area (Å²) in [6, 6.07) is 8.75. The van der Waals surface area contributed by atoms with Gasteiger partial charge >= 0.3 is 0 Å². The number of amides is 1. The Morgan fingerprint density at radius 3 is 3.17 bits per heavy atom. The zero-order valence-corrected chi connectivity index (χ0v) is 10.0. The Morgan fingerprint density at radius 2 is 2.44 bits per heavy atom. The van der Waals surface area contributed by atoms with Crippen molar-refractivity contribution in [2.75, 3.05) is 26.2 Å². The maximum atomic E-state index is 12.2. The lowest BCUT2D eigenvalue weighted by Crippen LogP contribution is -2.48. The third kappa shape index (κ3) is 2.67. The molecule has 2 N–H and O–H groups in total. The summed E-state index contributed by atoms with van der Waals surface area (Å²) in [4.78, 5) is 14.0. The Bertz CT molecular complexity index is 481. The van der Waals surface area contributed by atoms with E-state index in [-0.39, 0.29) is 12.0 Å². The summed E-state index contributed by atoms with van der Waals surface area (Å²) < 4.78 is 5.42. The quantitative estimate of drug-likeness (QED) is 0.815. The minimum atomic E-state index is -0.0955. The lowest BCUT2D eigenvalue weighted by molar-refractivity contribution is -0.0167. The van der Waals surface area contributed by atoms with Crippen LogP contribution in [-0.4, -0.2) is 43.2 Å². The number of ether oxygens (including phenoxy) is 1. The maximum Gasteiger partial charge on any atom is 0.254 e. The molecule has 0 bridgehead atoms. The zero-order chi connectivity index (χ0) is 13.0. The molecule has 5 nitrogen and oxygen atoms in total. The number of nitrogens with zero attached hydrogens (tertiary/aromatic N) is 2. The van der Waals surface area contributed by atoms with Gasteiger partial charge in [-0.1, -0.05) is 6.07 Å². The molecule has 1 atom stereocenters. The Balaban J connectivity index is 2.13. The van der Waals surface area contributed by atoms with Gasteiger partial charge in [0.05, 0.1) is 24.3 Å². The minimum Gasteiger partial charge on any atom is -0.373 e. The van der Waals surface area contributed by atoms with Gasteiger partial charge in [-0.2, -0.15) is 5.26 Å². The molecule has 1 fully saturated rings. The molecule has 0 radical (unpaired) electrons. The highest BCUT2D eigenvalue weighted by molar-refractivity contribution is 5.94. The second-order valence-electron chi connectivity index (χ2n) is 4.17. The van der Waals surface area contributed by atoms with E-state index in [1.165, 1.54) is 0 Å². The number of nitriles is 1. The van der Waals surface area contributed by atoms with Gasteiger partial charge < -0.3 is 15.4 Å². The fourth-order valence-corrected chi connectivity index (χ4v) is 1.95. The molecule has 1 saturated heterocycles. The molecule has 1 aliphatic heterocycles. The first-order chi connectivity index (χ1) is 8.74. The number of nitrogens with two attached hydrogens (primary N) is 1. The molecule has 5 heteroatoms. The van der Waals surface area contributed by atoms with Crippen molar-refractivity contribution < 1.29 is 9.53 Å². The van der Waals surface area contributed by atoms with Crippen molar-refractivity contribution in [3.8, 4) is 6.07 Å². The monoisotopic (exact) mass is 245 g/mol. The van der Waals surface area contributed by atoms with Crippen LogP contribution >= 0.6 is 0 Å². The SMILES string of the molecule is N#Cc1cccc(C(=O)N2CCOC(CN)C2)c1. The summed E-state index contributed by atoms with van der Waals surface area (Å²) in [5.41, 5.74) is 6.57. The van der Waals surface area contributed by atoms with Crippen LogP contribution in [0.4, 0.5) is 0 Å². The average molecular weight is 245 g/mol. The van der Waals surface area contributed by atoms with Gasteiger partial charge in [-0.15, -0.1) is 0 Å². The first-order valence-electron chi connectivity index (χ1n) is 5.85. The molecule has 1 heterocycles. The summed E-state index contributed by atoms with van der Waals surface area (Å²) in [5.74, 6) is -0.0751. The van der Waals surface area contributed by atoms with E-state index in [9.17, 15) is 4.79 Å². The summed E-state index contributed by atoms with van der Waals surface area (Å²) in [6.07, 6.45) is -0.0955. The van der Waals surface area contributed by atoms with E-state index in [0.717, 1.165) is 0 Å². The molecule has 0 spiro atoms. The van der Waals surface area contributed by atoms with E-state index in [0.29, 0.717) is 37.4 Å². The lowest BCUT2D eigenvalue weighted by Gasteiger charge is -2.32. The fraction of sp³-hybridized carbons (Fsp3) is 0.385. The Labute approximate surface area is 106 Å². The number of rotatable bonds is 2. The van der Waals surface area contributed by atoms with Gasteiger partial charge in [0.2, 0.25) is 0 Å². The Morgan fingerprint density at radius 1 is 1.61 bits per heavy atom. The van der Waals surface area contributed by atoms with Crippen LogP contribution in [0.3, 0.4) is 0 Å². The lowest BCUT2D eigenvalue weighted by atomic mass is 10.1. The second kappa shape index (κ2) is 5.63. The third-order valence-electron chi connectivity index (χ3n) is 2.93. The molecule has 0 aromatic heterocycles. The average Bonchev–Trinajstić information content (AvgIpc) is 2.46. The molecule has 1 aliphatic rings. The van der Waals surface area contributed by atoms with E-state index < -0.39 is 0 Å². The number of hydrogen-bond donors (Lipinski definition) is 1. The van der Waals surface area contributed by atoms with Gasteiger partial charge in [-0.05, 0) is 18.2 Å². The van der Waals surface area contributed by atoms with Crippen molar-refractivity contribution in [1.29, 1.82) is 5.26 Å². The summed E-state index contributed by atoms with van der Waals surface area (Å²) in [5, 5.41) is 8.82. The van der Waals surface area contributed by atoms with Crippen LogP contribution in [0.25, 0.3) is 0 Å². The number of carbonyl (C=O) groups excluding carboxylic acids is 1. The predicted molar refractivity (Wildman–Crippen MR) is 65.9 cm³/mol. The molecule has 0 saturated carbocycles. The third-order valence-corrected chi connectivity index (χ3v) is 2.93. The highest BCUT2D eigenvalue weighted by Gasteiger charge is 2.24. The standard InChI is InChI=1S/C13H15N3O2/c14-7-10-2-1-3-11(6-10)13(17)16-4-5-18-12(8-15)9-16/h1-3,6,12H,4-5,8-9,15H2. The van der Waals surface area contributed by atoms with Crippen molar-refractivity contribution in [1.82, 2.24) is 4.90 Å². The van der Waals surface area contributed by atoms with Crippen LogP contribution in [0.5, 0.6) is 0 Å². The molecule has 1 aromatic rings. The largest absolute Gasteiger partial charge is 0.373 e. The van der Waals surface area contributed by atoms with Crippen LogP contribution in [0.2, 0.25) is 0 Å². The highest BCUT2D eigenvalue weighted by atomic mass is 16.5. The van der Waals surface area contributed by atoms with Crippen molar-refractivity contribution in [3.63, 3.8) is 0 Å². The topological polar surface area (TPSA) is 79.3 Å². The van der Waals surface area contributed by atoms with E-state index >= 15 is 0 Å². The minimum absolute atomic E-state index is 0.0751.